The quantitative estimate of drug-likeness (QED) is 0.0646. The zero-order valence-electron chi connectivity index (χ0n) is 43.7. The molecule has 0 N–H and O–H groups in total. The highest BCUT2D eigenvalue weighted by Gasteiger charge is 2.35. The minimum Gasteiger partial charge on any atom is -0.496 e. The maximum atomic E-state index is 13.4. The predicted molar refractivity (Wildman–Crippen MR) is 280 cm³/mol. The Morgan fingerprint density at radius 1 is 0.471 bits per heavy atom. The number of hydrogen-bond acceptors (Lipinski definition) is 8. The molecule has 8 nitrogen and oxygen atoms in total. The van der Waals surface area contributed by atoms with Gasteiger partial charge in [0.2, 0.25) is 0 Å². The van der Waals surface area contributed by atoms with Crippen molar-refractivity contribution in [2.45, 2.75) is 198 Å². The van der Waals surface area contributed by atoms with Crippen molar-refractivity contribution in [2.24, 2.45) is 21.7 Å². The van der Waals surface area contributed by atoms with Gasteiger partial charge in [0.05, 0.1) is 23.9 Å². The molecular weight excluding hydrogens is 845 g/mol. The monoisotopic (exact) mass is 929 g/mol. The highest BCUT2D eigenvalue weighted by molar-refractivity contribution is 5.82. The summed E-state index contributed by atoms with van der Waals surface area (Å²) < 4.78 is 25.5. The predicted octanol–water partition coefficient (Wildman–Crippen LogP) is 12.8. The number of fused-ring (bicyclic) bond motifs is 4. The third kappa shape index (κ3) is 14.4. The van der Waals surface area contributed by atoms with Gasteiger partial charge < -0.3 is 18.9 Å². The Hall–Kier alpha value is -4.72. The molecule has 0 bridgehead atoms. The Morgan fingerprint density at radius 3 is 1.21 bits per heavy atom. The molecule has 68 heavy (non-hydrogen) atoms. The lowest BCUT2D eigenvalue weighted by molar-refractivity contribution is -0.137. The number of carbonyl (C=O) groups is 2. The molecular formula is C60H84N2O6. The number of hydrogen-bond donors (Lipinski definition) is 0. The fourth-order valence-corrected chi connectivity index (χ4v) is 9.72. The number of ether oxygens (including phenoxy) is 4. The molecule has 0 saturated carbocycles. The van der Waals surface area contributed by atoms with Gasteiger partial charge in [-0.05, 0) is 89.8 Å². The zero-order chi connectivity index (χ0) is 49.0. The SMILES string of the molecule is CCCCCCCCOC1=c2cc3c(nc2C(OC(=O)CCCCCCCCC(=O)OC2=CC(C)(C)C(OCCCCCCCC)=c4cc5c(nc42)=CC(C)(C)C=C5)=CC1(C)C)=CC(C)(C)C=C3. The zero-order valence-corrected chi connectivity index (χ0v) is 43.7. The summed E-state index contributed by atoms with van der Waals surface area (Å²) in [6.07, 6.45) is 37.4. The summed E-state index contributed by atoms with van der Waals surface area (Å²) in [6, 6.07) is 4.32. The van der Waals surface area contributed by atoms with Crippen LogP contribution >= 0.6 is 0 Å². The number of allylic oxidation sites excluding steroid dienone is 2. The smallest absolute Gasteiger partial charge is 0.311 e. The maximum Gasteiger partial charge on any atom is 0.311 e. The van der Waals surface area contributed by atoms with Crippen LogP contribution in [0.3, 0.4) is 0 Å². The molecule has 2 aromatic rings. The van der Waals surface area contributed by atoms with Crippen molar-refractivity contribution in [3.05, 3.63) is 80.1 Å². The molecule has 0 radical (unpaired) electrons. The van der Waals surface area contributed by atoms with Gasteiger partial charge in [-0.2, -0.15) is 0 Å². The molecule has 4 aliphatic rings. The molecule has 0 fully saturated rings. The summed E-state index contributed by atoms with van der Waals surface area (Å²) in [7, 11) is 0. The van der Waals surface area contributed by atoms with E-state index >= 15 is 0 Å². The van der Waals surface area contributed by atoms with Gasteiger partial charge in [-0.3, -0.25) is 9.59 Å². The lowest BCUT2D eigenvalue weighted by Gasteiger charge is -2.30. The van der Waals surface area contributed by atoms with Crippen LogP contribution in [0.1, 0.15) is 220 Å². The molecule has 0 spiro atoms. The Morgan fingerprint density at radius 2 is 0.824 bits per heavy atom. The second-order valence-corrected chi connectivity index (χ2v) is 22.2. The first kappa shape index (κ1) is 52.6. The standard InChI is InChI=1S/C60H84N2O6/c1-11-13-15-17-23-27-35-65-55-45-37-43-31-33-57(3,4)39-47(43)61-53(45)49(41-59(55,7)8)67-51(63)29-25-21-19-20-22-26-30-52(64)68-50-42-60(9,10)56(66-36-28-24-18-16-14-12-2)46-38-44-32-34-58(5,6)40-48(44)62-54(46)50/h31-34,37-42H,11-30,35-36H2,1-10H3. The van der Waals surface area contributed by atoms with Gasteiger partial charge >= 0.3 is 11.9 Å². The van der Waals surface area contributed by atoms with Gasteiger partial charge in [0.15, 0.2) is 11.5 Å². The number of rotatable bonds is 27. The molecule has 370 valence electrons. The summed E-state index contributed by atoms with van der Waals surface area (Å²) in [5.74, 6) is 2.30. The van der Waals surface area contributed by atoms with Crippen molar-refractivity contribution < 1.29 is 28.5 Å². The van der Waals surface area contributed by atoms with E-state index in [1.165, 1.54) is 51.4 Å². The Kier molecular flexibility index (Phi) is 18.4. The van der Waals surface area contributed by atoms with E-state index in [2.05, 4.69) is 118 Å². The number of nitrogens with zero attached hydrogens (tertiary/aromatic N) is 2. The Bertz CT molecular complexity index is 2320. The van der Waals surface area contributed by atoms with Gasteiger partial charge in [-0.1, -0.05) is 156 Å². The lowest BCUT2D eigenvalue weighted by atomic mass is 9.83. The van der Waals surface area contributed by atoms with Gasteiger partial charge in [0.25, 0.3) is 0 Å². The topological polar surface area (TPSA) is 96.8 Å². The number of pyridine rings is 2. The van der Waals surface area contributed by atoms with Crippen LogP contribution in [0.2, 0.25) is 0 Å². The lowest BCUT2D eigenvalue weighted by Crippen LogP contribution is -2.35. The van der Waals surface area contributed by atoms with Crippen LogP contribution in [0.15, 0.2) is 36.4 Å². The molecule has 8 heteroatoms. The average Bonchev–Trinajstić information content (AvgIpc) is 3.26. The largest absolute Gasteiger partial charge is 0.496 e. The normalized spacial score (nSPS) is 17.6. The van der Waals surface area contributed by atoms with Crippen molar-refractivity contribution in [3.63, 3.8) is 0 Å². The molecule has 2 aromatic heterocycles. The molecule has 2 heterocycles. The van der Waals surface area contributed by atoms with Crippen molar-refractivity contribution in [3.8, 4) is 0 Å². The minimum absolute atomic E-state index is 0.122. The Labute approximate surface area is 408 Å². The summed E-state index contributed by atoms with van der Waals surface area (Å²) in [6.45, 7) is 23.0. The van der Waals surface area contributed by atoms with Crippen molar-refractivity contribution in [1.82, 2.24) is 9.97 Å². The van der Waals surface area contributed by atoms with Crippen molar-refractivity contribution >= 4 is 59.3 Å². The third-order valence-corrected chi connectivity index (χ3v) is 13.6. The van der Waals surface area contributed by atoms with Crippen molar-refractivity contribution in [1.29, 1.82) is 0 Å². The second kappa shape index (κ2) is 23.7. The number of carbonyl (C=O) groups excluding carboxylic acids is 2. The first-order valence-corrected chi connectivity index (χ1v) is 26.5. The fourth-order valence-electron chi connectivity index (χ4n) is 9.72. The second-order valence-electron chi connectivity index (χ2n) is 22.2. The van der Waals surface area contributed by atoms with E-state index in [-0.39, 0.29) is 22.8 Å². The van der Waals surface area contributed by atoms with Crippen LogP contribution in [-0.4, -0.2) is 35.1 Å². The van der Waals surface area contributed by atoms with Gasteiger partial charge in [-0.15, -0.1) is 0 Å². The van der Waals surface area contributed by atoms with E-state index < -0.39 is 10.8 Å². The maximum absolute atomic E-state index is 13.4. The van der Waals surface area contributed by atoms with Crippen LogP contribution in [0.25, 0.3) is 47.3 Å². The molecule has 0 aromatic carbocycles. The van der Waals surface area contributed by atoms with E-state index in [0.717, 1.165) is 108 Å². The first-order chi connectivity index (χ1) is 32.4. The van der Waals surface area contributed by atoms with E-state index in [4.69, 9.17) is 28.9 Å². The van der Waals surface area contributed by atoms with Crippen LogP contribution in [0.4, 0.5) is 0 Å². The van der Waals surface area contributed by atoms with Gasteiger partial charge in [0, 0.05) is 56.1 Å². The molecule has 4 aliphatic carbocycles. The van der Waals surface area contributed by atoms with Crippen LogP contribution in [-0.2, 0) is 28.5 Å². The molecule has 6 rings (SSSR count). The minimum atomic E-state index is -0.475. The molecule has 0 amide bonds. The van der Waals surface area contributed by atoms with Crippen LogP contribution in [0, 0.1) is 21.7 Å². The fraction of sp³-hybridized carbons (Fsp3) is 0.600. The van der Waals surface area contributed by atoms with Crippen LogP contribution in [0.5, 0.6) is 0 Å². The van der Waals surface area contributed by atoms with E-state index in [9.17, 15) is 9.59 Å². The highest BCUT2D eigenvalue weighted by Crippen LogP contribution is 2.38. The van der Waals surface area contributed by atoms with Gasteiger partial charge in [0.1, 0.15) is 22.9 Å². The van der Waals surface area contributed by atoms with Crippen molar-refractivity contribution in [2.75, 3.05) is 13.2 Å². The third-order valence-electron chi connectivity index (χ3n) is 13.6. The number of esters is 2. The highest BCUT2D eigenvalue weighted by atomic mass is 16.5. The van der Waals surface area contributed by atoms with E-state index in [1.807, 2.05) is 12.2 Å². The first-order valence-electron chi connectivity index (χ1n) is 26.5. The van der Waals surface area contributed by atoms with E-state index in [1.54, 1.807) is 0 Å². The average molecular weight is 929 g/mol. The number of aromatic nitrogens is 2. The van der Waals surface area contributed by atoms with Gasteiger partial charge in [-0.25, -0.2) is 9.97 Å². The Balaban J connectivity index is 0.995. The molecule has 0 unspecified atom stereocenters. The summed E-state index contributed by atoms with van der Waals surface area (Å²) >= 11 is 0. The molecule has 0 saturated heterocycles. The number of unbranched alkanes of at least 4 members (excludes halogenated alkanes) is 15. The van der Waals surface area contributed by atoms with E-state index in [0.29, 0.717) is 49.0 Å². The summed E-state index contributed by atoms with van der Waals surface area (Å²) in [5.41, 5.74) is 2.26. The van der Waals surface area contributed by atoms with Crippen LogP contribution < -0.4 is 21.1 Å². The summed E-state index contributed by atoms with van der Waals surface area (Å²) in [4.78, 5) is 37.1. The molecule has 0 atom stereocenters. The molecule has 0 aliphatic heterocycles. The summed E-state index contributed by atoms with van der Waals surface area (Å²) in [5, 5.41) is 3.61.